The topological polar surface area (TPSA) is 47.3 Å². The Morgan fingerprint density at radius 1 is 1.35 bits per heavy atom. The number of rotatable bonds is 6. The van der Waals surface area contributed by atoms with E-state index in [1.54, 1.807) is 36.2 Å². The van der Waals surface area contributed by atoms with E-state index in [-0.39, 0.29) is 6.61 Å². The molecule has 20 heavy (non-hydrogen) atoms. The largest absolute Gasteiger partial charge is 0.490 e. The van der Waals surface area contributed by atoms with E-state index < -0.39 is 0 Å². The molecule has 0 fully saturated rings. The maximum Gasteiger partial charge on any atom is 0.168 e. The summed E-state index contributed by atoms with van der Waals surface area (Å²) in [6.07, 6.45) is 1.66. The number of hydrogen-bond donors (Lipinski definition) is 1. The summed E-state index contributed by atoms with van der Waals surface area (Å²) in [6, 6.07) is 5.25. The summed E-state index contributed by atoms with van der Waals surface area (Å²) in [6.45, 7) is 0.450. The number of imidazole rings is 1. The molecule has 1 aromatic heterocycles. The molecule has 0 bridgehead atoms. The molecule has 7 heteroatoms. The Kier molecular flexibility index (Phi) is 5.60. The number of benzene rings is 1. The van der Waals surface area contributed by atoms with Gasteiger partial charge in [-0.2, -0.15) is 0 Å². The number of halogens is 2. The normalized spacial score (nSPS) is 10.8. The van der Waals surface area contributed by atoms with Crippen LogP contribution in [-0.4, -0.2) is 27.0 Å². The van der Waals surface area contributed by atoms with Crippen molar-refractivity contribution in [3.8, 4) is 5.75 Å². The SMILES string of the molecule is Cn1c(CO)cnc1SCCOc1c(Cl)cccc1Cl. The Balaban J connectivity index is 1.86. The summed E-state index contributed by atoms with van der Waals surface area (Å²) in [7, 11) is 1.87. The monoisotopic (exact) mass is 332 g/mol. The summed E-state index contributed by atoms with van der Waals surface area (Å²) in [4.78, 5) is 4.22. The number of aliphatic hydroxyl groups is 1. The highest BCUT2D eigenvalue weighted by Gasteiger charge is 2.08. The van der Waals surface area contributed by atoms with Crippen molar-refractivity contribution in [1.82, 2.24) is 9.55 Å². The van der Waals surface area contributed by atoms with Gasteiger partial charge in [-0.1, -0.05) is 41.0 Å². The third kappa shape index (κ3) is 3.61. The lowest BCUT2D eigenvalue weighted by Gasteiger charge is -2.09. The lowest BCUT2D eigenvalue weighted by atomic mass is 10.3. The minimum Gasteiger partial charge on any atom is -0.490 e. The second-order valence-corrected chi connectivity index (χ2v) is 5.87. The zero-order valence-electron chi connectivity index (χ0n) is 10.8. The Morgan fingerprint density at radius 3 is 2.65 bits per heavy atom. The van der Waals surface area contributed by atoms with Gasteiger partial charge in [-0.25, -0.2) is 4.98 Å². The minimum atomic E-state index is -0.0181. The lowest BCUT2D eigenvalue weighted by molar-refractivity contribution is 0.271. The van der Waals surface area contributed by atoms with Crippen LogP contribution in [0.5, 0.6) is 5.75 Å². The van der Waals surface area contributed by atoms with E-state index in [0.29, 0.717) is 28.2 Å². The highest BCUT2D eigenvalue weighted by molar-refractivity contribution is 7.99. The van der Waals surface area contributed by atoms with Gasteiger partial charge in [-0.3, -0.25) is 0 Å². The van der Waals surface area contributed by atoms with Crippen LogP contribution in [0.3, 0.4) is 0 Å². The molecular formula is C13H14Cl2N2O2S. The van der Waals surface area contributed by atoms with E-state index in [9.17, 15) is 0 Å². The molecule has 2 aromatic rings. The van der Waals surface area contributed by atoms with Crippen LogP contribution in [0.2, 0.25) is 10.0 Å². The van der Waals surface area contributed by atoms with Crippen LogP contribution in [0.1, 0.15) is 5.69 Å². The van der Waals surface area contributed by atoms with Gasteiger partial charge in [0.05, 0.1) is 35.1 Å². The van der Waals surface area contributed by atoms with Crippen molar-refractivity contribution in [3.05, 3.63) is 40.1 Å². The van der Waals surface area contributed by atoms with E-state index in [1.165, 1.54) is 0 Å². The van der Waals surface area contributed by atoms with Crippen molar-refractivity contribution >= 4 is 35.0 Å². The van der Waals surface area contributed by atoms with Gasteiger partial charge in [0.25, 0.3) is 0 Å². The smallest absolute Gasteiger partial charge is 0.168 e. The van der Waals surface area contributed by atoms with Crippen LogP contribution in [0.15, 0.2) is 29.6 Å². The zero-order chi connectivity index (χ0) is 14.5. The van der Waals surface area contributed by atoms with Gasteiger partial charge in [0.15, 0.2) is 10.9 Å². The molecule has 2 rings (SSSR count). The third-order valence-corrected chi connectivity index (χ3v) is 4.29. The number of para-hydroxylation sites is 1. The zero-order valence-corrected chi connectivity index (χ0v) is 13.2. The number of hydrogen-bond acceptors (Lipinski definition) is 4. The van der Waals surface area contributed by atoms with Crippen molar-refractivity contribution < 1.29 is 9.84 Å². The summed E-state index contributed by atoms with van der Waals surface area (Å²) in [5.41, 5.74) is 0.780. The summed E-state index contributed by atoms with van der Waals surface area (Å²) >= 11 is 13.6. The second-order valence-electron chi connectivity index (χ2n) is 4.00. The lowest BCUT2D eigenvalue weighted by Crippen LogP contribution is -2.03. The Morgan fingerprint density at radius 2 is 2.05 bits per heavy atom. The quantitative estimate of drug-likeness (QED) is 0.650. The Bertz CT molecular complexity index is 569. The highest BCUT2D eigenvalue weighted by atomic mass is 35.5. The van der Waals surface area contributed by atoms with Crippen LogP contribution >= 0.6 is 35.0 Å². The summed E-state index contributed by atoms with van der Waals surface area (Å²) in [5.74, 6) is 1.21. The van der Waals surface area contributed by atoms with Crippen LogP contribution in [0, 0.1) is 0 Å². The average molecular weight is 333 g/mol. The Hall–Kier alpha value is -0.880. The molecule has 0 atom stereocenters. The molecule has 0 amide bonds. The number of aromatic nitrogens is 2. The van der Waals surface area contributed by atoms with Crippen LogP contribution in [-0.2, 0) is 13.7 Å². The van der Waals surface area contributed by atoms with Gasteiger partial charge in [0.1, 0.15) is 0 Å². The van der Waals surface area contributed by atoms with Crippen molar-refractivity contribution in [2.24, 2.45) is 7.05 Å². The van der Waals surface area contributed by atoms with Crippen LogP contribution in [0.25, 0.3) is 0 Å². The molecule has 0 saturated heterocycles. The van der Waals surface area contributed by atoms with Gasteiger partial charge in [0, 0.05) is 12.8 Å². The molecule has 0 unspecified atom stereocenters. The molecule has 0 aliphatic heterocycles. The van der Waals surface area contributed by atoms with E-state index in [1.807, 2.05) is 11.6 Å². The fourth-order valence-electron chi connectivity index (χ4n) is 1.60. The number of aliphatic hydroxyl groups excluding tert-OH is 1. The van der Waals surface area contributed by atoms with Gasteiger partial charge in [-0.15, -0.1) is 0 Å². The van der Waals surface area contributed by atoms with Gasteiger partial charge < -0.3 is 14.4 Å². The highest BCUT2D eigenvalue weighted by Crippen LogP contribution is 2.32. The van der Waals surface area contributed by atoms with E-state index in [4.69, 9.17) is 33.0 Å². The second kappa shape index (κ2) is 7.22. The number of thioether (sulfide) groups is 1. The van der Waals surface area contributed by atoms with Crippen LogP contribution in [0.4, 0.5) is 0 Å². The molecule has 0 saturated carbocycles. The molecule has 0 aliphatic carbocycles. The molecule has 0 radical (unpaired) electrons. The first kappa shape index (κ1) is 15.5. The van der Waals surface area contributed by atoms with Crippen molar-refractivity contribution in [2.75, 3.05) is 12.4 Å². The van der Waals surface area contributed by atoms with Crippen molar-refractivity contribution in [3.63, 3.8) is 0 Å². The minimum absolute atomic E-state index is 0.0181. The van der Waals surface area contributed by atoms with Crippen LogP contribution < -0.4 is 4.74 Å². The molecule has 1 aromatic carbocycles. The van der Waals surface area contributed by atoms with E-state index >= 15 is 0 Å². The molecule has 1 heterocycles. The van der Waals surface area contributed by atoms with Gasteiger partial charge >= 0.3 is 0 Å². The third-order valence-electron chi connectivity index (χ3n) is 2.68. The molecular weight excluding hydrogens is 319 g/mol. The van der Waals surface area contributed by atoms with Gasteiger partial charge in [0.2, 0.25) is 0 Å². The van der Waals surface area contributed by atoms with E-state index in [2.05, 4.69) is 4.98 Å². The fraction of sp³-hybridized carbons (Fsp3) is 0.308. The summed E-state index contributed by atoms with van der Waals surface area (Å²) in [5, 5.41) is 10.9. The molecule has 0 spiro atoms. The Labute approximate surface area is 131 Å². The molecule has 0 aliphatic rings. The molecule has 1 N–H and O–H groups in total. The first-order valence-corrected chi connectivity index (χ1v) is 7.68. The van der Waals surface area contributed by atoms with Gasteiger partial charge in [-0.05, 0) is 12.1 Å². The predicted octanol–water partition coefficient (Wildman–Crippen LogP) is 3.39. The first-order chi connectivity index (χ1) is 9.63. The van der Waals surface area contributed by atoms with Crippen molar-refractivity contribution in [2.45, 2.75) is 11.8 Å². The predicted molar refractivity (Wildman–Crippen MR) is 81.8 cm³/mol. The number of ether oxygens (including phenoxy) is 1. The summed E-state index contributed by atoms with van der Waals surface area (Å²) < 4.78 is 7.45. The average Bonchev–Trinajstić information content (AvgIpc) is 2.78. The standard InChI is InChI=1S/C13H14Cl2N2O2S/c1-17-9(8-18)7-16-13(17)20-6-5-19-12-10(14)3-2-4-11(12)15/h2-4,7,18H,5-6,8H2,1H3. The first-order valence-electron chi connectivity index (χ1n) is 5.94. The molecule has 4 nitrogen and oxygen atoms in total. The van der Waals surface area contributed by atoms with Crippen molar-refractivity contribution in [1.29, 1.82) is 0 Å². The fourth-order valence-corrected chi connectivity index (χ4v) is 2.90. The maximum atomic E-state index is 9.09. The molecule has 108 valence electrons. The van der Waals surface area contributed by atoms with E-state index in [0.717, 1.165) is 10.9 Å². The number of nitrogens with zero attached hydrogens (tertiary/aromatic N) is 2. The maximum absolute atomic E-state index is 9.09.